The molecule has 1 amide bonds. The van der Waals surface area contributed by atoms with Gasteiger partial charge in [-0.3, -0.25) is 19.2 Å². The molecule has 160 valence electrons. The summed E-state index contributed by atoms with van der Waals surface area (Å²) in [6, 6.07) is 7.28. The Kier molecular flexibility index (Phi) is 6.67. The number of carbonyl (C=O) groups excluding carboxylic acids is 1. The number of nitrogens with one attached hydrogen (secondary N) is 1. The predicted molar refractivity (Wildman–Crippen MR) is 121 cm³/mol. The summed E-state index contributed by atoms with van der Waals surface area (Å²) >= 11 is 11.8. The number of piperazine rings is 1. The molecule has 0 atom stereocenters. The zero-order chi connectivity index (χ0) is 21.1. The minimum absolute atomic E-state index is 0.0454. The topological polar surface area (TPSA) is 58.3 Å². The van der Waals surface area contributed by atoms with Crippen molar-refractivity contribution in [3.05, 3.63) is 52.5 Å². The van der Waals surface area contributed by atoms with Crippen molar-refractivity contribution >= 4 is 35.4 Å². The third kappa shape index (κ3) is 5.00. The summed E-state index contributed by atoms with van der Waals surface area (Å²) in [4.78, 5) is 16.9. The Morgan fingerprint density at radius 3 is 2.60 bits per heavy atom. The first-order valence-electron chi connectivity index (χ1n) is 10.3. The standard InChI is InChI=1S/C21H27ClN6OS/c1-2-9-27-20(16-7-8-16)24-28(21(27)30)15-26-12-10-25(11-13-26)14-19(29)23-18-6-4-3-5-17(18)22/h2-6,16H,1,7-15H2,(H,23,29). The summed E-state index contributed by atoms with van der Waals surface area (Å²) in [6.45, 7) is 8.98. The fourth-order valence-electron chi connectivity index (χ4n) is 3.73. The number of carbonyl (C=O) groups is 1. The molecule has 1 saturated heterocycles. The molecule has 0 unspecified atom stereocenters. The van der Waals surface area contributed by atoms with Crippen LogP contribution in [-0.4, -0.2) is 62.8 Å². The molecule has 0 radical (unpaired) electrons. The van der Waals surface area contributed by atoms with Crippen molar-refractivity contribution in [2.24, 2.45) is 0 Å². The van der Waals surface area contributed by atoms with Crippen LogP contribution in [0.2, 0.25) is 5.02 Å². The predicted octanol–water partition coefficient (Wildman–Crippen LogP) is 3.34. The lowest BCUT2D eigenvalue weighted by Gasteiger charge is -2.34. The lowest BCUT2D eigenvalue weighted by atomic mass is 10.3. The maximum Gasteiger partial charge on any atom is 0.238 e. The summed E-state index contributed by atoms with van der Waals surface area (Å²) in [5, 5.41) is 8.24. The number of anilines is 1. The molecule has 2 aliphatic rings. The van der Waals surface area contributed by atoms with E-state index in [1.165, 1.54) is 12.8 Å². The second-order valence-corrected chi connectivity index (χ2v) is 8.65. The molecule has 1 aliphatic heterocycles. The molecule has 7 nitrogen and oxygen atoms in total. The Morgan fingerprint density at radius 2 is 1.93 bits per heavy atom. The summed E-state index contributed by atoms with van der Waals surface area (Å²) in [6.07, 6.45) is 4.26. The van der Waals surface area contributed by atoms with Crippen molar-refractivity contribution in [1.82, 2.24) is 24.1 Å². The number of para-hydroxylation sites is 1. The van der Waals surface area contributed by atoms with Crippen molar-refractivity contribution in [1.29, 1.82) is 0 Å². The van der Waals surface area contributed by atoms with Crippen LogP contribution in [0.1, 0.15) is 24.6 Å². The van der Waals surface area contributed by atoms with E-state index in [1.54, 1.807) is 6.07 Å². The van der Waals surface area contributed by atoms with Gasteiger partial charge in [0.1, 0.15) is 5.82 Å². The van der Waals surface area contributed by atoms with Gasteiger partial charge in [0.15, 0.2) is 4.77 Å². The first-order valence-corrected chi connectivity index (χ1v) is 11.1. The third-order valence-corrected chi connectivity index (χ3v) is 6.28. The fraction of sp³-hybridized carbons (Fsp3) is 0.476. The Labute approximate surface area is 186 Å². The highest BCUT2D eigenvalue weighted by molar-refractivity contribution is 7.71. The van der Waals surface area contributed by atoms with E-state index in [1.807, 2.05) is 29.0 Å². The molecule has 0 spiro atoms. The van der Waals surface area contributed by atoms with E-state index in [-0.39, 0.29) is 5.91 Å². The molecule has 9 heteroatoms. The molecule has 2 aromatic rings. The van der Waals surface area contributed by atoms with Gasteiger partial charge < -0.3 is 5.32 Å². The molecular formula is C21H27ClN6OS. The van der Waals surface area contributed by atoms with E-state index in [2.05, 4.69) is 26.3 Å². The minimum atomic E-state index is -0.0454. The van der Waals surface area contributed by atoms with E-state index in [0.29, 0.717) is 36.4 Å². The lowest BCUT2D eigenvalue weighted by Crippen LogP contribution is -2.49. The first kappa shape index (κ1) is 21.2. The first-order chi connectivity index (χ1) is 14.5. The Hall–Kier alpha value is -2.00. The maximum absolute atomic E-state index is 12.4. The van der Waals surface area contributed by atoms with Gasteiger partial charge in [-0.2, -0.15) is 5.10 Å². The molecule has 2 heterocycles. The van der Waals surface area contributed by atoms with Crippen LogP contribution >= 0.6 is 23.8 Å². The van der Waals surface area contributed by atoms with E-state index >= 15 is 0 Å². The number of rotatable bonds is 8. The monoisotopic (exact) mass is 446 g/mol. The van der Waals surface area contributed by atoms with E-state index in [4.69, 9.17) is 28.9 Å². The highest BCUT2D eigenvalue weighted by atomic mass is 35.5. The zero-order valence-electron chi connectivity index (χ0n) is 17.0. The second-order valence-electron chi connectivity index (χ2n) is 7.88. The molecule has 4 rings (SSSR count). The van der Waals surface area contributed by atoms with Crippen LogP contribution in [0.5, 0.6) is 0 Å². The van der Waals surface area contributed by atoms with Crippen LogP contribution in [0.15, 0.2) is 36.9 Å². The van der Waals surface area contributed by atoms with Crippen LogP contribution in [-0.2, 0) is 18.0 Å². The molecule has 1 aliphatic carbocycles. The summed E-state index contributed by atoms with van der Waals surface area (Å²) in [7, 11) is 0. The van der Waals surface area contributed by atoms with Gasteiger partial charge in [-0.25, -0.2) is 4.68 Å². The number of amides is 1. The number of benzene rings is 1. The van der Waals surface area contributed by atoms with Crippen molar-refractivity contribution in [3.8, 4) is 0 Å². The number of hydrogen-bond acceptors (Lipinski definition) is 5. The smallest absolute Gasteiger partial charge is 0.238 e. The molecule has 1 aromatic heterocycles. The molecule has 1 saturated carbocycles. The van der Waals surface area contributed by atoms with Gasteiger partial charge in [-0.1, -0.05) is 29.8 Å². The van der Waals surface area contributed by atoms with Gasteiger partial charge >= 0.3 is 0 Å². The molecule has 30 heavy (non-hydrogen) atoms. The second kappa shape index (κ2) is 9.43. The average molecular weight is 447 g/mol. The van der Waals surface area contributed by atoms with Gasteiger partial charge in [0.25, 0.3) is 0 Å². The lowest BCUT2D eigenvalue weighted by molar-refractivity contribution is -0.117. The molecule has 1 N–H and O–H groups in total. The van der Waals surface area contributed by atoms with E-state index in [0.717, 1.165) is 36.8 Å². The quantitative estimate of drug-likeness (QED) is 0.497. The summed E-state index contributed by atoms with van der Waals surface area (Å²) in [5.41, 5.74) is 0.652. The fourth-order valence-corrected chi connectivity index (χ4v) is 4.18. The van der Waals surface area contributed by atoms with Gasteiger partial charge in [-0.15, -0.1) is 6.58 Å². The SMILES string of the molecule is C=CCn1c(C2CC2)nn(CN2CCN(CC(=O)Nc3ccccc3Cl)CC2)c1=S. The Balaban J connectivity index is 1.29. The Morgan fingerprint density at radius 1 is 1.23 bits per heavy atom. The van der Waals surface area contributed by atoms with Gasteiger partial charge in [-0.05, 0) is 37.2 Å². The van der Waals surface area contributed by atoms with Crippen LogP contribution < -0.4 is 5.32 Å². The van der Waals surface area contributed by atoms with Crippen molar-refractivity contribution < 1.29 is 4.79 Å². The molecular weight excluding hydrogens is 420 g/mol. The molecule has 1 aromatic carbocycles. The zero-order valence-corrected chi connectivity index (χ0v) is 18.5. The molecule has 2 fully saturated rings. The number of aromatic nitrogens is 3. The van der Waals surface area contributed by atoms with Crippen LogP contribution in [0.25, 0.3) is 0 Å². The van der Waals surface area contributed by atoms with Gasteiger partial charge in [0.05, 0.1) is 23.9 Å². The van der Waals surface area contributed by atoms with Crippen LogP contribution in [0.4, 0.5) is 5.69 Å². The van der Waals surface area contributed by atoms with Crippen molar-refractivity contribution in [2.75, 3.05) is 38.0 Å². The molecule has 0 bridgehead atoms. The van der Waals surface area contributed by atoms with Gasteiger partial charge in [0, 0.05) is 38.6 Å². The summed E-state index contributed by atoms with van der Waals surface area (Å²) in [5.74, 6) is 1.59. The highest BCUT2D eigenvalue weighted by Gasteiger charge is 2.30. The minimum Gasteiger partial charge on any atom is -0.324 e. The number of nitrogens with zero attached hydrogens (tertiary/aromatic N) is 5. The Bertz CT molecular complexity index is 974. The largest absolute Gasteiger partial charge is 0.324 e. The average Bonchev–Trinajstić information content (AvgIpc) is 3.53. The maximum atomic E-state index is 12.4. The van der Waals surface area contributed by atoms with Crippen LogP contribution in [0, 0.1) is 4.77 Å². The summed E-state index contributed by atoms with van der Waals surface area (Å²) < 4.78 is 4.81. The number of allylic oxidation sites excluding steroid dienone is 1. The normalized spacial score (nSPS) is 17.8. The highest BCUT2D eigenvalue weighted by Crippen LogP contribution is 2.39. The van der Waals surface area contributed by atoms with Crippen LogP contribution in [0.3, 0.4) is 0 Å². The van der Waals surface area contributed by atoms with Gasteiger partial charge in [0.2, 0.25) is 5.91 Å². The van der Waals surface area contributed by atoms with E-state index < -0.39 is 0 Å². The van der Waals surface area contributed by atoms with Crippen molar-refractivity contribution in [3.63, 3.8) is 0 Å². The third-order valence-electron chi connectivity index (χ3n) is 5.52. The van der Waals surface area contributed by atoms with E-state index in [9.17, 15) is 4.79 Å². The van der Waals surface area contributed by atoms with Crippen molar-refractivity contribution in [2.45, 2.75) is 32.0 Å². The number of hydrogen-bond donors (Lipinski definition) is 1. The number of halogens is 1.